The van der Waals surface area contributed by atoms with Crippen molar-refractivity contribution in [3.8, 4) is 0 Å². The Morgan fingerprint density at radius 2 is 1.98 bits per heavy atom. The predicted molar refractivity (Wildman–Crippen MR) is 154 cm³/mol. The van der Waals surface area contributed by atoms with Gasteiger partial charge in [-0.05, 0) is 63.5 Å². The van der Waals surface area contributed by atoms with E-state index >= 15 is 0 Å². The molecule has 0 aliphatic carbocycles. The summed E-state index contributed by atoms with van der Waals surface area (Å²) in [4.78, 5) is 24.9. The zero-order valence-electron chi connectivity index (χ0n) is 25.4. The second kappa shape index (κ2) is 15.9. The minimum Gasteiger partial charge on any atom is -0.457 e. The van der Waals surface area contributed by atoms with Crippen molar-refractivity contribution in [3.05, 3.63) is 36.0 Å². The van der Waals surface area contributed by atoms with E-state index in [0.29, 0.717) is 6.42 Å². The maximum absolute atomic E-state index is 12.7. The molecule has 3 N–H and O–H groups in total. The van der Waals surface area contributed by atoms with Gasteiger partial charge in [-0.3, -0.25) is 9.59 Å². The fraction of sp³-hybridized carbons (Fsp3) is 0.750. The lowest BCUT2D eigenvalue weighted by Gasteiger charge is -2.32. The minimum atomic E-state index is -1.40. The number of esters is 2. The number of hydrogen-bond donors (Lipinski definition) is 3. The van der Waals surface area contributed by atoms with Crippen LogP contribution in [0.3, 0.4) is 0 Å². The van der Waals surface area contributed by atoms with Crippen molar-refractivity contribution in [2.75, 3.05) is 0 Å². The highest BCUT2D eigenvalue weighted by atomic mass is 16.6. The van der Waals surface area contributed by atoms with Gasteiger partial charge in [0.15, 0.2) is 0 Å². The number of hydrogen-bond acceptors (Lipinski definition) is 8. The Bertz CT molecular complexity index is 907. The van der Waals surface area contributed by atoms with Gasteiger partial charge < -0.3 is 29.5 Å². The summed E-state index contributed by atoms with van der Waals surface area (Å²) in [5.74, 6) is -0.796. The Hall–Kier alpha value is -2.00. The topological polar surface area (TPSA) is 126 Å². The lowest BCUT2D eigenvalue weighted by molar-refractivity contribution is -0.159. The van der Waals surface area contributed by atoms with Gasteiger partial charge in [-0.15, -0.1) is 0 Å². The molecule has 2 heterocycles. The number of allylic oxidation sites excluding steroid dienone is 3. The normalized spacial score (nSPS) is 34.4. The Morgan fingerprint density at radius 3 is 2.62 bits per heavy atom. The van der Waals surface area contributed by atoms with Crippen LogP contribution in [-0.2, 0) is 23.8 Å². The second-order valence-corrected chi connectivity index (χ2v) is 12.1. The van der Waals surface area contributed by atoms with E-state index in [9.17, 15) is 24.9 Å². The summed E-state index contributed by atoms with van der Waals surface area (Å²) in [7, 11) is 0. The van der Waals surface area contributed by atoms with E-state index in [4.69, 9.17) is 14.2 Å². The van der Waals surface area contributed by atoms with Gasteiger partial charge in [0, 0.05) is 18.3 Å². The number of rotatable bonds is 11. The van der Waals surface area contributed by atoms with Crippen molar-refractivity contribution in [2.24, 2.45) is 17.8 Å². The highest BCUT2D eigenvalue weighted by Crippen LogP contribution is 2.36. The molecule has 1 saturated heterocycles. The second-order valence-electron chi connectivity index (χ2n) is 12.1. The van der Waals surface area contributed by atoms with Crippen LogP contribution in [0.5, 0.6) is 0 Å². The minimum absolute atomic E-state index is 0.104. The van der Waals surface area contributed by atoms with Gasteiger partial charge in [0.05, 0.1) is 30.8 Å². The fourth-order valence-electron chi connectivity index (χ4n) is 5.19. The lowest BCUT2D eigenvalue weighted by Crippen LogP contribution is -2.42. The molecule has 2 aliphatic rings. The van der Waals surface area contributed by atoms with Crippen molar-refractivity contribution in [2.45, 2.75) is 136 Å². The first kappa shape index (κ1) is 34.2. The molecule has 10 unspecified atom stereocenters. The van der Waals surface area contributed by atoms with E-state index in [-0.39, 0.29) is 61.7 Å². The van der Waals surface area contributed by atoms with Crippen molar-refractivity contribution in [3.63, 3.8) is 0 Å². The van der Waals surface area contributed by atoms with E-state index in [0.717, 1.165) is 18.4 Å². The van der Waals surface area contributed by atoms with Gasteiger partial charge >= 0.3 is 11.9 Å². The van der Waals surface area contributed by atoms with Crippen molar-refractivity contribution in [1.82, 2.24) is 0 Å². The zero-order chi connectivity index (χ0) is 30.0. The van der Waals surface area contributed by atoms with Crippen LogP contribution >= 0.6 is 0 Å². The summed E-state index contributed by atoms with van der Waals surface area (Å²) in [6, 6.07) is 0. The van der Waals surface area contributed by atoms with Gasteiger partial charge in [0.2, 0.25) is 0 Å². The molecule has 2 aliphatic heterocycles. The molecule has 0 radical (unpaired) electrons. The molecular weight excluding hydrogens is 512 g/mol. The van der Waals surface area contributed by atoms with Gasteiger partial charge in [-0.25, -0.2) is 0 Å². The molecular formula is C32H52O8. The summed E-state index contributed by atoms with van der Waals surface area (Å²) < 4.78 is 17.2. The first-order valence-corrected chi connectivity index (χ1v) is 14.9. The highest BCUT2D eigenvalue weighted by Gasteiger charge is 2.45. The number of aliphatic hydroxyl groups excluding tert-OH is 2. The Kier molecular flexibility index (Phi) is 13.6. The monoisotopic (exact) mass is 564 g/mol. The van der Waals surface area contributed by atoms with E-state index in [1.807, 2.05) is 52.8 Å². The van der Waals surface area contributed by atoms with Gasteiger partial charge in [0.1, 0.15) is 17.8 Å². The SMILES string of the molecule is CCCC(=O)OC1C=CC(C)C(C(C)=CC=CC(C)CC2OC2C(C)C(O)CC)OC(=O)CC(O)CCC1(C)O. The van der Waals surface area contributed by atoms with E-state index in [1.54, 1.807) is 13.0 Å². The van der Waals surface area contributed by atoms with Gasteiger partial charge in [0.25, 0.3) is 0 Å². The first-order chi connectivity index (χ1) is 18.8. The first-order valence-electron chi connectivity index (χ1n) is 14.9. The highest BCUT2D eigenvalue weighted by molar-refractivity contribution is 5.70. The van der Waals surface area contributed by atoms with Crippen molar-refractivity contribution < 1.29 is 39.1 Å². The van der Waals surface area contributed by atoms with E-state index < -0.39 is 35.9 Å². The maximum Gasteiger partial charge on any atom is 0.309 e. The van der Waals surface area contributed by atoms with Crippen LogP contribution < -0.4 is 0 Å². The molecule has 0 aromatic rings. The molecule has 228 valence electrons. The molecule has 2 rings (SSSR count). The maximum atomic E-state index is 12.7. The van der Waals surface area contributed by atoms with Crippen LogP contribution in [0.2, 0.25) is 0 Å². The van der Waals surface area contributed by atoms with Crippen LogP contribution in [0, 0.1) is 17.8 Å². The molecule has 0 aromatic heterocycles. The number of cyclic esters (lactones) is 1. The number of ether oxygens (including phenoxy) is 3. The van der Waals surface area contributed by atoms with E-state index in [2.05, 4.69) is 13.0 Å². The fourth-order valence-corrected chi connectivity index (χ4v) is 5.19. The number of epoxide rings is 1. The van der Waals surface area contributed by atoms with Crippen LogP contribution in [-0.4, -0.2) is 69.5 Å². The molecule has 0 spiro atoms. The molecule has 0 amide bonds. The summed E-state index contributed by atoms with van der Waals surface area (Å²) in [6.07, 6.45) is 9.49. The van der Waals surface area contributed by atoms with E-state index in [1.165, 1.54) is 0 Å². The molecule has 40 heavy (non-hydrogen) atoms. The largest absolute Gasteiger partial charge is 0.457 e. The zero-order valence-corrected chi connectivity index (χ0v) is 25.4. The summed E-state index contributed by atoms with van der Waals surface area (Å²) >= 11 is 0. The Morgan fingerprint density at radius 1 is 1.27 bits per heavy atom. The van der Waals surface area contributed by atoms with Crippen molar-refractivity contribution in [1.29, 1.82) is 0 Å². The third-order valence-corrected chi connectivity index (χ3v) is 8.05. The third kappa shape index (κ3) is 10.8. The third-order valence-electron chi connectivity index (χ3n) is 8.05. The van der Waals surface area contributed by atoms with Gasteiger partial charge in [-0.1, -0.05) is 58.9 Å². The molecule has 0 bridgehead atoms. The number of carbonyl (C=O) groups excluding carboxylic acids is 2. The molecule has 0 saturated carbocycles. The standard InChI is InChI=1S/C32H52O8/c1-8-11-28(35)39-27-15-14-22(5)30(40-29(36)19-24(33)16-17-32(27,7)37)21(4)13-10-12-20(3)18-26-31(38-26)23(6)25(34)9-2/h10,12-15,20,22-27,30-31,33-34,37H,8-9,11,16-19H2,1-7H3. The Labute approximate surface area is 240 Å². The van der Waals surface area contributed by atoms with Crippen LogP contribution in [0.25, 0.3) is 0 Å². The number of carbonyl (C=O) groups is 2. The average Bonchev–Trinajstić information content (AvgIpc) is 3.65. The summed E-state index contributed by atoms with van der Waals surface area (Å²) in [6.45, 7) is 13.4. The Balaban J connectivity index is 2.15. The van der Waals surface area contributed by atoms with Crippen LogP contribution in [0.1, 0.15) is 93.4 Å². The number of aliphatic hydroxyl groups is 3. The predicted octanol–water partition coefficient (Wildman–Crippen LogP) is 4.80. The van der Waals surface area contributed by atoms with Crippen LogP contribution in [0.15, 0.2) is 36.0 Å². The molecule has 8 heteroatoms. The van der Waals surface area contributed by atoms with Crippen molar-refractivity contribution >= 4 is 11.9 Å². The molecule has 1 fully saturated rings. The van der Waals surface area contributed by atoms with Gasteiger partial charge in [-0.2, -0.15) is 0 Å². The summed E-state index contributed by atoms with van der Waals surface area (Å²) in [5, 5.41) is 31.6. The average molecular weight is 565 g/mol. The molecule has 8 nitrogen and oxygen atoms in total. The lowest BCUT2D eigenvalue weighted by atomic mass is 9.88. The quantitative estimate of drug-likeness (QED) is 0.141. The van der Waals surface area contributed by atoms with Crippen LogP contribution in [0.4, 0.5) is 0 Å². The summed E-state index contributed by atoms with van der Waals surface area (Å²) in [5.41, 5.74) is -0.577. The molecule has 10 atom stereocenters. The smallest absolute Gasteiger partial charge is 0.309 e. The molecule has 0 aromatic carbocycles.